The molecule has 0 aliphatic carbocycles. The maximum absolute atomic E-state index is 13.2. The predicted molar refractivity (Wildman–Crippen MR) is 97.9 cm³/mol. The van der Waals surface area contributed by atoms with E-state index in [1.807, 2.05) is 40.3 Å². The van der Waals surface area contributed by atoms with E-state index in [0.717, 1.165) is 55.1 Å². The smallest absolute Gasteiger partial charge is 0.263 e. The molecule has 0 saturated carbocycles. The molecular formula is C19H23N3O3S. The Balaban J connectivity index is 1.46. The van der Waals surface area contributed by atoms with Crippen molar-refractivity contribution < 1.29 is 14.1 Å². The second-order valence-electron chi connectivity index (χ2n) is 7.13. The summed E-state index contributed by atoms with van der Waals surface area (Å²) in [7, 11) is 0. The second kappa shape index (κ2) is 7.23. The number of likely N-dealkylation sites (tertiary alicyclic amines) is 2. The van der Waals surface area contributed by atoms with Crippen LogP contribution in [0.2, 0.25) is 0 Å². The Hall–Kier alpha value is -2.15. The summed E-state index contributed by atoms with van der Waals surface area (Å²) in [6.07, 6.45) is 3.59. The molecule has 2 aromatic heterocycles. The average Bonchev–Trinajstić information content (AvgIpc) is 3.41. The first-order valence-electron chi connectivity index (χ1n) is 9.20. The number of aromatic nitrogens is 1. The molecule has 4 heterocycles. The highest BCUT2D eigenvalue weighted by molar-refractivity contribution is 7.12. The zero-order valence-corrected chi connectivity index (χ0v) is 15.7. The van der Waals surface area contributed by atoms with Crippen LogP contribution in [-0.4, -0.2) is 46.4 Å². The SMILES string of the molecule is Cc1cc([C@@H]2CCCN2C(=O)[C@@H]2CCCN(C(=O)c3cccs3)C2)on1. The molecule has 26 heavy (non-hydrogen) atoms. The van der Waals surface area contributed by atoms with Crippen molar-refractivity contribution in [3.8, 4) is 0 Å². The largest absolute Gasteiger partial charge is 0.359 e. The third-order valence-electron chi connectivity index (χ3n) is 5.30. The van der Waals surface area contributed by atoms with Crippen LogP contribution in [0, 0.1) is 12.8 Å². The van der Waals surface area contributed by atoms with Gasteiger partial charge in [0, 0.05) is 25.7 Å². The van der Waals surface area contributed by atoms with E-state index in [4.69, 9.17) is 4.52 Å². The quantitative estimate of drug-likeness (QED) is 0.828. The normalized spacial score (nSPS) is 23.4. The summed E-state index contributed by atoms with van der Waals surface area (Å²) >= 11 is 1.45. The van der Waals surface area contributed by atoms with Gasteiger partial charge in [-0.3, -0.25) is 9.59 Å². The van der Waals surface area contributed by atoms with Crippen LogP contribution in [-0.2, 0) is 4.79 Å². The number of thiophene rings is 1. The minimum absolute atomic E-state index is 0.0212. The Morgan fingerprint density at radius 3 is 2.85 bits per heavy atom. The number of rotatable bonds is 3. The summed E-state index contributed by atoms with van der Waals surface area (Å²) in [6.45, 7) is 3.88. The van der Waals surface area contributed by atoms with E-state index < -0.39 is 0 Å². The third kappa shape index (κ3) is 3.28. The highest BCUT2D eigenvalue weighted by Crippen LogP contribution is 2.34. The molecule has 2 amide bonds. The lowest BCUT2D eigenvalue weighted by Crippen LogP contribution is -2.46. The van der Waals surface area contributed by atoms with Gasteiger partial charge < -0.3 is 14.3 Å². The lowest BCUT2D eigenvalue weighted by Gasteiger charge is -2.35. The number of aryl methyl sites for hydroxylation is 1. The molecule has 0 unspecified atom stereocenters. The van der Waals surface area contributed by atoms with Crippen molar-refractivity contribution in [1.29, 1.82) is 0 Å². The number of carbonyl (C=O) groups excluding carboxylic acids is 2. The van der Waals surface area contributed by atoms with Gasteiger partial charge in [0.25, 0.3) is 5.91 Å². The monoisotopic (exact) mass is 373 g/mol. The van der Waals surface area contributed by atoms with Crippen molar-refractivity contribution in [2.75, 3.05) is 19.6 Å². The Morgan fingerprint density at radius 2 is 2.12 bits per heavy atom. The second-order valence-corrected chi connectivity index (χ2v) is 8.08. The van der Waals surface area contributed by atoms with Crippen molar-refractivity contribution in [2.24, 2.45) is 5.92 Å². The predicted octanol–water partition coefficient (Wildman–Crippen LogP) is 3.26. The number of carbonyl (C=O) groups is 2. The average molecular weight is 373 g/mol. The summed E-state index contributed by atoms with van der Waals surface area (Å²) in [5.74, 6) is 0.833. The molecule has 2 saturated heterocycles. The number of nitrogens with zero attached hydrogens (tertiary/aromatic N) is 3. The maximum atomic E-state index is 13.2. The lowest BCUT2D eigenvalue weighted by molar-refractivity contribution is -0.138. The van der Waals surface area contributed by atoms with Gasteiger partial charge >= 0.3 is 0 Å². The zero-order chi connectivity index (χ0) is 18.1. The molecule has 0 N–H and O–H groups in total. The summed E-state index contributed by atoms with van der Waals surface area (Å²) in [6, 6.07) is 5.64. The van der Waals surface area contributed by atoms with E-state index in [9.17, 15) is 9.59 Å². The van der Waals surface area contributed by atoms with E-state index >= 15 is 0 Å². The minimum Gasteiger partial charge on any atom is -0.359 e. The Kier molecular flexibility index (Phi) is 4.80. The van der Waals surface area contributed by atoms with Gasteiger partial charge in [-0.05, 0) is 44.1 Å². The highest BCUT2D eigenvalue weighted by Gasteiger charge is 2.38. The van der Waals surface area contributed by atoms with Gasteiger partial charge in [0.15, 0.2) is 5.76 Å². The molecule has 2 aliphatic rings. The van der Waals surface area contributed by atoms with Gasteiger partial charge in [0.05, 0.1) is 22.5 Å². The van der Waals surface area contributed by atoms with Crippen LogP contribution in [0.5, 0.6) is 0 Å². The van der Waals surface area contributed by atoms with Crippen LogP contribution in [0.15, 0.2) is 28.1 Å². The molecule has 138 valence electrons. The van der Waals surface area contributed by atoms with E-state index in [1.165, 1.54) is 11.3 Å². The van der Waals surface area contributed by atoms with Crippen LogP contribution >= 0.6 is 11.3 Å². The van der Waals surface area contributed by atoms with E-state index in [0.29, 0.717) is 6.54 Å². The molecular weight excluding hydrogens is 350 g/mol. The molecule has 6 nitrogen and oxygen atoms in total. The topological polar surface area (TPSA) is 66.7 Å². The molecule has 0 radical (unpaired) electrons. The maximum Gasteiger partial charge on any atom is 0.263 e. The Bertz CT molecular complexity index is 786. The number of amides is 2. The van der Waals surface area contributed by atoms with Crippen LogP contribution in [0.4, 0.5) is 0 Å². The molecule has 7 heteroatoms. The molecule has 2 atom stereocenters. The van der Waals surface area contributed by atoms with Crippen LogP contribution in [0.25, 0.3) is 0 Å². The van der Waals surface area contributed by atoms with E-state index in [2.05, 4.69) is 5.16 Å². The molecule has 4 rings (SSSR count). The highest BCUT2D eigenvalue weighted by atomic mass is 32.1. The standard InChI is InChI=1S/C19H23N3O3S/c1-13-11-16(25-20-13)15-6-3-9-22(15)18(23)14-5-2-8-21(12-14)19(24)17-7-4-10-26-17/h4,7,10-11,14-15H,2-3,5-6,8-9,12H2,1H3/t14-,15+/m1/s1. The van der Waals surface area contributed by atoms with Crippen molar-refractivity contribution in [2.45, 2.75) is 38.6 Å². The number of hydrogen-bond donors (Lipinski definition) is 0. The molecule has 0 spiro atoms. The number of piperidine rings is 1. The van der Waals surface area contributed by atoms with Gasteiger partial charge in [-0.1, -0.05) is 11.2 Å². The zero-order valence-electron chi connectivity index (χ0n) is 14.9. The van der Waals surface area contributed by atoms with Gasteiger partial charge in [0.1, 0.15) is 0 Å². The molecule has 2 aromatic rings. The van der Waals surface area contributed by atoms with Crippen molar-refractivity contribution in [3.63, 3.8) is 0 Å². The Morgan fingerprint density at radius 1 is 1.27 bits per heavy atom. The first-order chi connectivity index (χ1) is 12.6. The van der Waals surface area contributed by atoms with Crippen molar-refractivity contribution >= 4 is 23.2 Å². The van der Waals surface area contributed by atoms with Gasteiger partial charge in [-0.15, -0.1) is 11.3 Å². The molecule has 0 aromatic carbocycles. The summed E-state index contributed by atoms with van der Waals surface area (Å²) in [4.78, 5) is 30.3. The third-order valence-corrected chi connectivity index (χ3v) is 6.16. The summed E-state index contributed by atoms with van der Waals surface area (Å²) in [5.41, 5.74) is 0.838. The van der Waals surface area contributed by atoms with Gasteiger partial charge in [-0.25, -0.2) is 0 Å². The Labute approximate surface area is 156 Å². The molecule has 2 fully saturated rings. The molecule has 2 aliphatic heterocycles. The summed E-state index contributed by atoms with van der Waals surface area (Å²) in [5, 5.41) is 5.88. The van der Waals surface area contributed by atoms with Gasteiger partial charge in [0.2, 0.25) is 5.91 Å². The number of hydrogen-bond acceptors (Lipinski definition) is 5. The van der Waals surface area contributed by atoms with Crippen LogP contribution < -0.4 is 0 Å². The summed E-state index contributed by atoms with van der Waals surface area (Å²) < 4.78 is 5.42. The van der Waals surface area contributed by atoms with Crippen molar-refractivity contribution in [3.05, 3.63) is 39.9 Å². The first-order valence-corrected chi connectivity index (χ1v) is 10.1. The van der Waals surface area contributed by atoms with E-state index in [1.54, 1.807) is 0 Å². The fraction of sp³-hybridized carbons (Fsp3) is 0.526. The van der Waals surface area contributed by atoms with Crippen LogP contribution in [0.1, 0.15) is 52.9 Å². The molecule has 0 bridgehead atoms. The van der Waals surface area contributed by atoms with Crippen molar-refractivity contribution in [1.82, 2.24) is 15.0 Å². The van der Waals surface area contributed by atoms with Gasteiger partial charge in [-0.2, -0.15) is 0 Å². The van der Waals surface area contributed by atoms with E-state index in [-0.39, 0.29) is 23.8 Å². The minimum atomic E-state index is -0.128. The fourth-order valence-electron chi connectivity index (χ4n) is 4.02. The fourth-order valence-corrected chi connectivity index (χ4v) is 4.71. The lowest BCUT2D eigenvalue weighted by atomic mass is 9.95. The van der Waals surface area contributed by atoms with Crippen LogP contribution in [0.3, 0.4) is 0 Å². The first kappa shape index (κ1) is 17.3.